The number of rotatable bonds is 18. The number of aliphatic hydroxyl groups is 1. The van der Waals surface area contributed by atoms with Crippen molar-refractivity contribution in [3.8, 4) is 0 Å². The van der Waals surface area contributed by atoms with Crippen molar-refractivity contribution < 1.29 is 79.1 Å². The van der Waals surface area contributed by atoms with Gasteiger partial charge in [-0.2, -0.15) is 26.3 Å². The van der Waals surface area contributed by atoms with E-state index in [9.17, 15) is 26.3 Å². The summed E-state index contributed by atoms with van der Waals surface area (Å²) in [6, 6.07) is 28.6. The highest BCUT2D eigenvalue weighted by Gasteiger charge is 2.66. The number of hydrogen-bond acceptors (Lipinski definition) is 6. The minimum absolute atomic E-state index is 0. The van der Waals surface area contributed by atoms with Gasteiger partial charge < -0.3 is 52.8 Å². The molecule has 348 valence electrons. The van der Waals surface area contributed by atoms with Crippen LogP contribution in [0.5, 0.6) is 0 Å². The lowest BCUT2D eigenvalue weighted by Crippen LogP contribution is -3.00. The number of halogens is 9. The minimum atomic E-state index is -4.50. The molecule has 0 fully saturated rings. The maximum Gasteiger partial charge on any atom is 0.442 e. The fourth-order valence-electron chi connectivity index (χ4n) is 7.27. The normalized spacial score (nSPS) is 14.6. The van der Waals surface area contributed by atoms with E-state index in [1.165, 1.54) is 77.2 Å². The molecule has 2 aliphatic rings. The van der Waals surface area contributed by atoms with Crippen LogP contribution in [0, 0.1) is 0 Å². The van der Waals surface area contributed by atoms with E-state index in [0.29, 0.717) is 18.8 Å². The van der Waals surface area contributed by atoms with Gasteiger partial charge in [0.2, 0.25) is 0 Å². The fourth-order valence-corrected chi connectivity index (χ4v) is 7.82. The van der Waals surface area contributed by atoms with Gasteiger partial charge in [-0.05, 0) is 63.8 Å². The van der Waals surface area contributed by atoms with Crippen molar-refractivity contribution in [3.05, 3.63) is 142 Å². The Labute approximate surface area is 397 Å². The lowest BCUT2D eigenvalue weighted by atomic mass is 10.0. The molecule has 2 heterocycles. The van der Waals surface area contributed by atoms with E-state index < -0.39 is 23.7 Å². The second-order valence-corrected chi connectivity index (χ2v) is 15.9. The molecule has 0 spiro atoms. The predicted octanol–water partition coefficient (Wildman–Crippen LogP) is 6.29. The topological polar surface area (TPSA) is 78.9 Å². The summed E-state index contributed by atoms with van der Waals surface area (Å²) in [4.78, 5) is 0. The molecule has 2 aliphatic heterocycles. The lowest BCUT2D eigenvalue weighted by molar-refractivity contribution is -0.936. The summed E-state index contributed by atoms with van der Waals surface area (Å²) in [6.45, 7) is 23.1. The Morgan fingerprint density at radius 3 is 1.16 bits per heavy atom. The standard InChI is InChI=1S/C23H29F3N3O.C14H23BrN.C9H7F3N2O.2BrH/c1-4-29(5-2,6-3)15-19-9-7-8-10-20(19)17-30-16-18-11-13-21(14-12-18)22(27-28-22)23(24,25)26;1-4-16(5-2,6-3)12-14-10-8-7-9-13(14)11-15;10-9(11,12)8(13-14-8)7-3-1-6(5-15)2-4-7;;/h7-14H,4-6,15-17H2,1-3H3;7-10H,4-6,11-12H2,1-3H3;1-4,15H,5H2;2*1H/q2*+1;;;/p-2. The molecule has 0 amide bonds. The number of nitrogens with zero attached hydrogens (tertiary/aromatic N) is 6. The van der Waals surface area contributed by atoms with Gasteiger partial charge in [0.15, 0.2) is 0 Å². The van der Waals surface area contributed by atoms with Crippen LogP contribution >= 0.6 is 15.9 Å². The van der Waals surface area contributed by atoms with Crippen molar-refractivity contribution in [2.75, 3.05) is 39.3 Å². The van der Waals surface area contributed by atoms with Crippen molar-refractivity contribution >= 4 is 15.9 Å². The van der Waals surface area contributed by atoms with E-state index in [1.54, 1.807) is 12.1 Å². The van der Waals surface area contributed by atoms with Crippen LogP contribution in [0.4, 0.5) is 26.3 Å². The summed E-state index contributed by atoms with van der Waals surface area (Å²) < 4.78 is 85.0. The first kappa shape index (κ1) is 56.1. The van der Waals surface area contributed by atoms with Gasteiger partial charge >= 0.3 is 23.7 Å². The number of quaternary nitrogens is 2. The van der Waals surface area contributed by atoms with Crippen LogP contribution in [0.25, 0.3) is 0 Å². The molecule has 6 rings (SSSR count). The summed E-state index contributed by atoms with van der Waals surface area (Å²) in [5, 5.41) is 22.3. The maximum atomic E-state index is 13.1. The van der Waals surface area contributed by atoms with Gasteiger partial charge in [-0.25, -0.2) is 0 Å². The molecule has 17 heteroatoms. The molecule has 63 heavy (non-hydrogen) atoms. The molecule has 4 aromatic carbocycles. The maximum absolute atomic E-state index is 13.1. The molecule has 1 N–H and O–H groups in total. The third kappa shape index (κ3) is 14.0. The molecule has 0 saturated heterocycles. The van der Waals surface area contributed by atoms with Gasteiger partial charge in [-0.15, -0.1) is 20.5 Å². The Kier molecular flexibility index (Phi) is 21.8. The van der Waals surface area contributed by atoms with Gasteiger partial charge in [0.05, 0.1) is 59.1 Å². The van der Waals surface area contributed by atoms with Crippen LogP contribution in [0.1, 0.15) is 86.1 Å². The molecule has 0 radical (unpaired) electrons. The Bertz CT molecular complexity index is 2010. The molecule has 0 unspecified atom stereocenters. The van der Waals surface area contributed by atoms with Gasteiger partial charge in [0.1, 0.15) is 13.1 Å². The largest absolute Gasteiger partial charge is 1.00 e. The van der Waals surface area contributed by atoms with E-state index in [2.05, 4.69) is 120 Å². The van der Waals surface area contributed by atoms with Crippen LogP contribution in [-0.2, 0) is 54.3 Å². The van der Waals surface area contributed by atoms with Crippen LogP contribution in [0.15, 0.2) is 118 Å². The molecule has 8 nitrogen and oxygen atoms in total. The third-order valence-corrected chi connectivity index (χ3v) is 12.8. The van der Waals surface area contributed by atoms with E-state index >= 15 is 0 Å². The van der Waals surface area contributed by atoms with Crippen molar-refractivity contribution in [1.29, 1.82) is 0 Å². The average molecular weight is 1080 g/mol. The molecule has 0 saturated carbocycles. The van der Waals surface area contributed by atoms with Crippen molar-refractivity contribution in [3.63, 3.8) is 0 Å². The zero-order valence-electron chi connectivity index (χ0n) is 36.7. The molecule has 0 aliphatic carbocycles. The molecule has 0 aromatic heterocycles. The zero-order valence-corrected chi connectivity index (χ0v) is 41.4. The van der Waals surface area contributed by atoms with Crippen molar-refractivity contribution in [2.24, 2.45) is 20.5 Å². The fraction of sp³-hybridized carbons (Fsp3) is 0.478. The van der Waals surface area contributed by atoms with E-state index in [1.807, 2.05) is 6.07 Å². The van der Waals surface area contributed by atoms with Gasteiger partial charge in [0, 0.05) is 27.6 Å². The number of benzene rings is 4. The van der Waals surface area contributed by atoms with E-state index in [4.69, 9.17) is 9.84 Å². The second kappa shape index (κ2) is 24.5. The summed E-state index contributed by atoms with van der Waals surface area (Å²) in [6.07, 6.45) is -8.99. The van der Waals surface area contributed by atoms with E-state index in [0.717, 1.165) is 53.7 Å². The predicted molar refractivity (Wildman–Crippen MR) is 229 cm³/mol. The highest BCUT2D eigenvalue weighted by atomic mass is 79.9. The number of aliphatic hydroxyl groups excluding tert-OH is 1. The van der Waals surface area contributed by atoms with Crippen molar-refractivity contribution in [2.45, 2.75) is 103 Å². The van der Waals surface area contributed by atoms with E-state index in [-0.39, 0.29) is 51.7 Å². The Balaban J connectivity index is 0.000000351. The first-order valence-electron chi connectivity index (χ1n) is 20.8. The summed E-state index contributed by atoms with van der Waals surface area (Å²) >= 11 is 3.57. The first-order chi connectivity index (χ1) is 29.0. The smallest absolute Gasteiger partial charge is 0.442 e. The molecular weight excluding hydrogens is 1020 g/mol. The minimum Gasteiger partial charge on any atom is -1.00 e. The monoisotopic (exact) mass is 1080 g/mol. The Morgan fingerprint density at radius 1 is 0.508 bits per heavy atom. The number of alkyl halides is 7. The quantitative estimate of drug-likeness (QED) is 0.0724. The van der Waals surface area contributed by atoms with Crippen LogP contribution in [-0.4, -0.2) is 65.7 Å². The highest BCUT2D eigenvalue weighted by Crippen LogP contribution is 2.53. The number of ether oxygens (including phenoxy) is 1. The Morgan fingerprint density at radius 2 is 0.841 bits per heavy atom. The Hall–Kier alpha value is -3.06. The molecule has 0 atom stereocenters. The van der Waals surface area contributed by atoms with Gasteiger partial charge in [-0.1, -0.05) is 113 Å². The zero-order chi connectivity index (χ0) is 45.0. The average Bonchev–Trinajstić information content (AvgIpc) is 4.21. The van der Waals surface area contributed by atoms with Crippen molar-refractivity contribution in [1.82, 2.24) is 0 Å². The molecule has 4 aromatic rings. The number of hydrogen-bond donors (Lipinski definition) is 1. The first-order valence-corrected chi connectivity index (χ1v) is 21.9. The van der Waals surface area contributed by atoms with Crippen LogP contribution in [0.3, 0.4) is 0 Å². The van der Waals surface area contributed by atoms with Gasteiger partial charge in [0.25, 0.3) is 0 Å². The molecule has 0 bridgehead atoms. The van der Waals surface area contributed by atoms with Crippen LogP contribution in [0.2, 0.25) is 0 Å². The summed E-state index contributed by atoms with van der Waals surface area (Å²) in [5.41, 5.74) is 2.01. The molecular formula is C46H59Br3F6N6O2. The highest BCUT2D eigenvalue weighted by molar-refractivity contribution is 9.08. The second-order valence-electron chi connectivity index (χ2n) is 15.4. The lowest BCUT2D eigenvalue weighted by Gasteiger charge is -2.36. The summed E-state index contributed by atoms with van der Waals surface area (Å²) in [7, 11) is 0. The summed E-state index contributed by atoms with van der Waals surface area (Å²) in [5.74, 6) is 0. The van der Waals surface area contributed by atoms with Crippen LogP contribution < -0.4 is 34.0 Å². The SMILES string of the molecule is CC[N+](CC)(CC)Cc1ccccc1CBr.CC[N+](CC)(CC)Cc1ccccc1COCc1ccc(C2(C(F)(F)F)N=N2)cc1.OCc1ccc(C2(C(F)(F)F)N=N2)cc1.[Br-].[Br-]. The third-order valence-electron chi connectivity index (χ3n) is 12.2. The van der Waals surface area contributed by atoms with Gasteiger partial charge in [-0.3, -0.25) is 0 Å².